The number of carbonyl (C=O) groups excluding carboxylic acids is 2. The molecule has 1 unspecified atom stereocenters. The van der Waals surface area contributed by atoms with Crippen LogP contribution in [0.15, 0.2) is 42.5 Å². The van der Waals surface area contributed by atoms with Crippen LogP contribution in [0.5, 0.6) is 11.5 Å². The molecule has 1 saturated carbocycles. The lowest BCUT2D eigenvalue weighted by atomic mass is 9.83. The number of amides is 1. The van der Waals surface area contributed by atoms with Crippen molar-refractivity contribution >= 4 is 40.6 Å². The van der Waals surface area contributed by atoms with Gasteiger partial charge in [0, 0.05) is 22.5 Å². The molecule has 1 fully saturated rings. The fraction of sp³-hybridized carbons (Fsp3) is 0.417. The molecule has 2 N–H and O–H groups in total. The highest BCUT2D eigenvalue weighted by Crippen LogP contribution is 2.32. The van der Waals surface area contributed by atoms with E-state index in [-0.39, 0.29) is 24.3 Å². The van der Waals surface area contributed by atoms with E-state index in [2.05, 4.69) is 10.6 Å². The maximum atomic E-state index is 12.7. The minimum atomic E-state index is -0.576. The molecule has 2 aromatic rings. The van der Waals surface area contributed by atoms with Crippen molar-refractivity contribution in [3.8, 4) is 11.5 Å². The first-order valence-electron chi connectivity index (χ1n) is 10.9. The van der Waals surface area contributed by atoms with Gasteiger partial charge in [-0.2, -0.15) is 0 Å². The number of ether oxygens (including phenoxy) is 2. The lowest BCUT2D eigenvalue weighted by Crippen LogP contribution is -2.49. The number of benzene rings is 2. The Morgan fingerprint density at radius 2 is 1.75 bits per heavy atom. The lowest BCUT2D eigenvalue weighted by molar-refractivity contribution is -0.129. The summed E-state index contributed by atoms with van der Waals surface area (Å²) in [6.07, 6.45) is 3.45. The summed E-state index contributed by atoms with van der Waals surface area (Å²) in [5.41, 5.74) is 0.798. The fourth-order valence-electron chi connectivity index (χ4n) is 4.17. The zero-order valence-electron chi connectivity index (χ0n) is 17.6. The Morgan fingerprint density at radius 3 is 2.50 bits per heavy atom. The van der Waals surface area contributed by atoms with E-state index in [9.17, 15) is 9.59 Å². The predicted octanol–water partition coefficient (Wildman–Crippen LogP) is 4.88. The van der Waals surface area contributed by atoms with Gasteiger partial charge in [-0.05, 0) is 74.1 Å². The van der Waals surface area contributed by atoms with Crippen LogP contribution in [0.1, 0.15) is 32.1 Å². The smallest absolute Gasteiger partial charge is 0.263 e. The number of nitrogens with one attached hydrogen (secondary N) is 2. The van der Waals surface area contributed by atoms with Crippen molar-refractivity contribution < 1.29 is 19.1 Å². The van der Waals surface area contributed by atoms with E-state index in [0.717, 1.165) is 31.4 Å². The van der Waals surface area contributed by atoms with Crippen LogP contribution in [0.25, 0.3) is 0 Å². The van der Waals surface area contributed by atoms with Gasteiger partial charge in [-0.25, -0.2) is 0 Å². The Balaban J connectivity index is 1.17. The molecular formula is C24H26Cl2N2O4. The molecule has 0 saturated heterocycles. The van der Waals surface area contributed by atoms with Gasteiger partial charge in [0.15, 0.2) is 11.9 Å². The summed E-state index contributed by atoms with van der Waals surface area (Å²) in [5, 5.41) is 7.56. The molecule has 1 aliphatic carbocycles. The largest absolute Gasteiger partial charge is 0.486 e. The van der Waals surface area contributed by atoms with Gasteiger partial charge in [0.05, 0.1) is 12.2 Å². The van der Waals surface area contributed by atoms with Crippen LogP contribution in [-0.4, -0.2) is 37.0 Å². The molecule has 8 heteroatoms. The van der Waals surface area contributed by atoms with Gasteiger partial charge in [0.25, 0.3) is 5.91 Å². The van der Waals surface area contributed by atoms with Crippen molar-refractivity contribution in [1.82, 2.24) is 5.32 Å². The summed E-state index contributed by atoms with van der Waals surface area (Å²) in [5.74, 6) is 1.57. The van der Waals surface area contributed by atoms with Crippen LogP contribution in [0.4, 0.5) is 5.69 Å². The van der Waals surface area contributed by atoms with Gasteiger partial charge in [-0.1, -0.05) is 23.2 Å². The van der Waals surface area contributed by atoms with Crippen molar-refractivity contribution in [2.75, 3.05) is 18.5 Å². The number of anilines is 1. The zero-order valence-corrected chi connectivity index (χ0v) is 19.1. The molecular weight excluding hydrogens is 451 g/mol. The topological polar surface area (TPSA) is 76.7 Å². The van der Waals surface area contributed by atoms with Crippen molar-refractivity contribution in [2.24, 2.45) is 5.92 Å². The van der Waals surface area contributed by atoms with E-state index < -0.39 is 6.10 Å². The molecule has 32 heavy (non-hydrogen) atoms. The average Bonchev–Trinajstić information content (AvgIpc) is 2.79. The quantitative estimate of drug-likeness (QED) is 0.595. The van der Waals surface area contributed by atoms with Crippen LogP contribution in [-0.2, 0) is 9.59 Å². The summed E-state index contributed by atoms with van der Waals surface area (Å²) in [4.78, 5) is 24.9. The normalized spacial score (nSPS) is 22.1. The van der Waals surface area contributed by atoms with Crippen molar-refractivity contribution in [3.05, 3.63) is 52.5 Å². The molecule has 2 aliphatic rings. The highest BCUT2D eigenvalue weighted by molar-refractivity contribution is 6.31. The number of hydrogen-bond donors (Lipinski definition) is 2. The van der Waals surface area contributed by atoms with E-state index >= 15 is 0 Å². The number of ketones is 1. The van der Waals surface area contributed by atoms with E-state index in [0.29, 0.717) is 40.4 Å². The summed E-state index contributed by atoms with van der Waals surface area (Å²) in [6.45, 7) is 0.466. The Kier molecular flexibility index (Phi) is 7.43. The third-order valence-corrected chi connectivity index (χ3v) is 6.39. The lowest BCUT2D eigenvalue weighted by Gasteiger charge is -2.31. The molecule has 0 spiro atoms. The van der Waals surface area contributed by atoms with Gasteiger partial charge in [0.2, 0.25) is 0 Å². The van der Waals surface area contributed by atoms with E-state index in [1.54, 1.807) is 42.5 Å². The minimum absolute atomic E-state index is 0.0665. The van der Waals surface area contributed by atoms with Crippen LogP contribution in [0.3, 0.4) is 0 Å². The minimum Gasteiger partial charge on any atom is -0.486 e. The Labute approximate surface area is 197 Å². The molecule has 6 nitrogen and oxygen atoms in total. The number of fused-ring (bicyclic) bond motifs is 1. The number of halogens is 2. The first kappa shape index (κ1) is 22.7. The second-order valence-corrected chi connectivity index (χ2v) is 9.21. The highest BCUT2D eigenvalue weighted by atomic mass is 35.5. The SMILES string of the molecule is O=C(COc1ccc(Cl)cc1)CC1CCC(NC(=O)C2CNc3cc(Cl)ccc3O2)CC1. The van der Waals surface area contributed by atoms with Crippen LogP contribution in [0.2, 0.25) is 10.0 Å². The van der Waals surface area contributed by atoms with Gasteiger partial charge in [-0.15, -0.1) is 0 Å². The molecule has 0 aromatic heterocycles. The maximum Gasteiger partial charge on any atom is 0.263 e. The second kappa shape index (κ2) is 10.5. The van der Waals surface area contributed by atoms with Gasteiger partial charge >= 0.3 is 0 Å². The van der Waals surface area contributed by atoms with Crippen LogP contribution in [0, 0.1) is 5.92 Å². The van der Waals surface area contributed by atoms with Crippen LogP contribution >= 0.6 is 23.2 Å². The third kappa shape index (κ3) is 6.08. The first-order valence-corrected chi connectivity index (χ1v) is 11.6. The molecule has 1 atom stereocenters. The number of Topliss-reactive ketones (excluding diaryl/α,β-unsaturated/α-hetero) is 1. The summed E-state index contributed by atoms with van der Waals surface area (Å²) >= 11 is 11.8. The second-order valence-electron chi connectivity index (χ2n) is 8.34. The summed E-state index contributed by atoms with van der Waals surface area (Å²) in [7, 11) is 0. The van der Waals surface area contributed by atoms with Gasteiger partial charge in [-0.3, -0.25) is 9.59 Å². The summed E-state index contributed by atoms with van der Waals surface area (Å²) < 4.78 is 11.4. The van der Waals surface area contributed by atoms with Gasteiger partial charge < -0.3 is 20.1 Å². The van der Waals surface area contributed by atoms with Crippen molar-refractivity contribution in [3.63, 3.8) is 0 Å². The Bertz CT molecular complexity index is 959. The average molecular weight is 477 g/mol. The number of carbonyl (C=O) groups is 2. The Morgan fingerprint density at radius 1 is 1.03 bits per heavy atom. The molecule has 1 amide bonds. The molecule has 0 bridgehead atoms. The molecule has 170 valence electrons. The monoisotopic (exact) mass is 476 g/mol. The fourth-order valence-corrected chi connectivity index (χ4v) is 4.47. The maximum absolute atomic E-state index is 12.7. The zero-order chi connectivity index (χ0) is 22.5. The molecule has 0 radical (unpaired) electrons. The third-order valence-electron chi connectivity index (χ3n) is 5.90. The molecule has 4 rings (SSSR count). The highest BCUT2D eigenvalue weighted by Gasteiger charge is 2.30. The first-order chi connectivity index (χ1) is 15.5. The number of rotatable bonds is 7. The van der Waals surface area contributed by atoms with E-state index in [4.69, 9.17) is 32.7 Å². The molecule has 2 aromatic carbocycles. The van der Waals surface area contributed by atoms with Gasteiger partial charge in [0.1, 0.15) is 18.1 Å². The van der Waals surface area contributed by atoms with E-state index in [1.807, 2.05) is 0 Å². The summed E-state index contributed by atoms with van der Waals surface area (Å²) in [6, 6.07) is 12.4. The predicted molar refractivity (Wildman–Crippen MR) is 125 cm³/mol. The Hall–Kier alpha value is -2.44. The van der Waals surface area contributed by atoms with E-state index in [1.165, 1.54) is 0 Å². The standard InChI is InChI=1S/C24H26Cl2N2O4/c25-16-3-8-20(9-4-16)31-14-19(29)11-15-1-6-18(7-2-15)28-24(30)23-13-27-21-12-17(26)5-10-22(21)32-23/h3-5,8-10,12,15,18,23,27H,1-2,6-7,11,13-14H2,(H,28,30). The van der Waals surface area contributed by atoms with Crippen molar-refractivity contribution in [2.45, 2.75) is 44.2 Å². The number of hydrogen-bond acceptors (Lipinski definition) is 5. The van der Waals surface area contributed by atoms with Crippen molar-refractivity contribution in [1.29, 1.82) is 0 Å². The molecule has 1 aliphatic heterocycles. The van der Waals surface area contributed by atoms with Crippen LogP contribution < -0.4 is 20.1 Å². The molecule has 1 heterocycles.